The average Bonchev–Trinajstić information content (AvgIpc) is 2.70. The van der Waals surface area contributed by atoms with Gasteiger partial charge in [-0.15, -0.1) is 0 Å². The highest BCUT2D eigenvalue weighted by Crippen LogP contribution is 2.34. The van der Waals surface area contributed by atoms with Crippen LogP contribution >= 0.6 is 0 Å². The van der Waals surface area contributed by atoms with Gasteiger partial charge in [0.25, 0.3) is 5.91 Å². The second-order valence-electron chi connectivity index (χ2n) is 4.82. The molecule has 0 radical (unpaired) electrons. The van der Waals surface area contributed by atoms with E-state index in [0.717, 1.165) is 5.56 Å². The Bertz CT molecular complexity index is 627. The van der Waals surface area contributed by atoms with E-state index in [9.17, 15) is 13.2 Å². The Morgan fingerprint density at radius 2 is 2.20 bits per heavy atom. The Morgan fingerprint density at radius 3 is 2.80 bits per heavy atom. The fraction of sp³-hybridized carbons (Fsp3) is 0.462. The summed E-state index contributed by atoms with van der Waals surface area (Å²) in [7, 11) is -3.30. The van der Waals surface area contributed by atoms with Gasteiger partial charge in [-0.25, -0.2) is 13.9 Å². The van der Waals surface area contributed by atoms with E-state index in [4.69, 9.17) is 4.84 Å². The number of rotatable bonds is 4. The molecule has 1 aliphatic rings. The van der Waals surface area contributed by atoms with Crippen LogP contribution in [0.5, 0.6) is 0 Å². The molecule has 0 aliphatic carbocycles. The number of benzene rings is 1. The third-order valence-electron chi connectivity index (χ3n) is 3.16. The molecule has 2 rings (SSSR count). The highest BCUT2D eigenvalue weighted by atomic mass is 32.2. The zero-order valence-corrected chi connectivity index (χ0v) is 12.5. The predicted octanol–water partition coefficient (Wildman–Crippen LogP) is 1.08. The van der Waals surface area contributed by atoms with Gasteiger partial charge < -0.3 is 0 Å². The molecule has 6 nitrogen and oxygen atoms in total. The Balaban J connectivity index is 2.31. The van der Waals surface area contributed by atoms with Crippen molar-refractivity contribution in [2.75, 3.05) is 17.2 Å². The Labute approximate surface area is 118 Å². The van der Waals surface area contributed by atoms with Crippen LogP contribution in [0.1, 0.15) is 29.8 Å². The molecule has 1 atom stereocenters. The van der Waals surface area contributed by atoms with E-state index in [1.807, 2.05) is 6.92 Å². The van der Waals surface area contributed by atoms with Gasteiger partial charge in [-0.3, -0.25) is 13.9 Å². The van der Waals surface area contributed by atoms with Gasteiger partial charge in [0, 0.05) is 11.6 Å². The number of hydrogen-bond donors (Lipinski definition) is 1. The molecule has 1 unspecified atom stereocenters. The average molecular weight is 298 g/mol. The molecule has 1 aromatic rings. The van der Waals surface area contributed by atoms with Crippen LogP contribution in [0.2, 0.25) is 0 Å². The first kappa shape index (κ1) is 14.8. The molecule has 0 fully saturated rings. The van der Waals surface area contributed by atoms with E-state index in [0.29, 0.717) is 24.3 Å². The van der Waals surface area contributed by atoms with Crippen molar-refractivity contribution in [3.8, 4) is 0 Å². The minimum atomic E-state index is -3.30. The van der Waals surface area contributed by atoms with E-state index in [1.54, 1.807) is 25.1 Å². The minimum Gasteiger partial charge on any atom is -0.274 e. The van der Waals surface area contributed by atoms with Crippen LogP contribution in [0.25, 0.3) is 0 Å². The zero-order valence-electron chi connectivity index (χ0n) is 11.7. The minimum absolute atomic E-state index is 0.134. The Kier molecular flexibility index (Phi) is 4.01. The predicted molar refractivity (Wildman–Crippen MR) is 76.0 cm³/mol. The summed E-state index contributed by atoms with van der Waals surface area (Å²) in [5.74, 6) is -0.333. The molecule has 1 amide bonds. The number of anilines is 1. The second kappa shape index (κ2) is 5.41. The van der Waals surface area contributed by atoms with Crippen molar-refractivity contribution in [2.45, 2.75) is 26.3 Å². The summed E-state index contributed by atoms with van der Waals surface area (Å²) in [6, 6.07) is 4.85. The number of fused-ring (bicyclic) bond motifs is 1. The maximum atomic E-state index is 11.8. The van der Waals surface area contributed by atoms with Crippen LogP contribution in [-0.4, -0.2) is 33.2 Å². The molecule has 0 saturated heterocycles. The van der Waals surface area contributed by atoms with Crippen molar-refractivity contribution in [2.24, 2.45) is 0 Å². The lowest BCUT2D eigenvalue weighted by Gasteiger charge is -2.21. The Morgan fingerprint density at radius 1 is 1.50 bits per heavy atom. The molecule has 1 N–H and O–H groups in total. The van der Waals surface area contributed by atoms with Gasteiger partial charge in [-0.1, -0.05) is 0 Å². The summed E-state index contributed by atoms with van der Waals surface area (Å²) in [5.41, 5.74) is 4.28. The van der Waals surface area contributed by atoms with Crippen molar-refractivity contribution in [3.05, 3.63) is 29.3 Å². The number of hydrogen-bond acceptors (Lipinski definition) is 4. The highest BCUT2D eigenvalue weighted by molar-refractivity contribution is 7.92. The van der Waals surface area contributed by atoms with E-state index < -0.39 is 10.0 Å². The van der Waals surface area contributed by atoms with Gasteiger partial charge in [-0.2, -0.15) is 0 Å². The number of sulfonamides is 1. The lowest BCUT2D eigenvalue weighted by Crippen LogP contribution is -2.34. The lowest BCUT2D eigenvalue weighted by molar-refractivity contribution is 0.0364. The van der Waals surface area contributed by atoms with Crippen LogP contribution in [0.3, 0.4) is 0 Å². The van der Waals surface area contributed by atoms with Crippen molar-refractivity contribution in [1.82, 2.24) is 5.48 Å². The molecule has 0 saturated carbocycles. The third-order valence-corrected chi connectivity index (χ3v) is 4.43. The summed E-state index contributed by atoms with van der Waals surface area (Å²) in [6.45, 7) is 4.01. The van der Waals surface area contributed by atoms with Gasteiger partial charge in [0.05, 0.1) is 18.6 Å². The molecule has 1 aliphatic heterocycles. The summed E-state index contributed by atoms with van der Waals surface area (Å²) >= 11 is 0. The Hall–Kier alpha value is -1.60. The first-order valence-corrected chi connectivity index (χ1v) is 8.24. The topological polar surface area (TPSA) is 75.7 Å². The first-order chi connectivity index (χ1) is 9.34. The number of hydroxylamine groups is 1. The smallest absolute Gasteiger partial charge is 0.274 e. The molecule has 1 aromatic carbocycles. The van der Waals surface area contributed by atoms with Gasteiger partial charge in [0.15, 0.2) is 0 Å². The number of nitrogens with one attached hydrogen (secondary N) is 1. The standard InChI is InChI=1S/C13H18N2O4S/c1-4-19-14-13(16)10-5-6-12-11(8-10)7-9(2)15(12)20(3,17)18/h5-6,8-9H,4,7H2,1-3H3,(H,14,16). The van der Waals surface area contributed by atoms with Gasteiger partial charge >= 0.3 is 0 Å². The van der Waals surface area contributed by atoms with Gasteiger partial charge in [-0.05, 0) is 44.0 Å². The molecule has 1 heterocycles. The van der Waals surface area contributed by atoms with Crippen LogP contribution in [0.4, 0.5) is 5.69 Å². The molecule has 0 spiro atoms. The SMILES string of the molecule is CCONC(=O)c1ccc2c(c1)CC(C)N2S(C)(=O)=O. The van der Waals surface area contributed by atoms with Crippen molar-refractivity contribution in [3.63, 3.8) is 0 Å². The second-order valence-corrected chi connectivity index (χ2v) is 6.68. The van der Waals surface area contributed by atoms with Crippen LogP contribution < -0.4 is 9.79 Å². The van der Waals surface area contributed by atoms with Crippen molar-refractivity contribution < 1.29 is 18.0 Å². The summed E-state index contributed by atoms with van der Waals surface area (Å²) in [6.07, 6.45) is 1.78. The van der Waals surface area contributed by atoms with E-state index in [-0.39, 0.29) is 11.9 Å². The molecular formula is C13H18N2O4S. The normalized spacial score (nSPS) is 17.9. The zero-order chi connectivity index (χ0) is 14.9. The quantitative estimate of drug-likeness (QED) is 0.844. The largest absolute Gasteiger partial charge is 0.274 e. The van der Waals surface area contributed by atoms with Crippen LogP contribution in [0, 0.1) is 0 Å². The maximum absolute atomic E-state index is 11.8. The van der Waals surface area contributed by atoms with E-state index in [1.165, 1.54) is 10.6 Å². The monoisotopic (exact) mass is 298 g/mol. The molecule has 0 aromatic heterocycles. The highest BCUT2D eigenvalue weighted by Gasteiger charge is 2.32. The molecule has 0 bridgehead atoms. The number of carbonyl (C=O) groups excluding carboxylic acids is 1. The van der Waals surface area contributed by atoms with E-state index >= 15 is 0 Å². The lowest BCUT2D eigenvalue weighted by atomic mass is 10.1. The number of amides is 1. The fourth-order valence-electron chi connectivity index (χ4n) is 2.45. The molecule has 7 heteroatoms. The fourth-order valence-corrected chi connectivity index (χ4v) is 3.71. The van der Waals surface area contributed by atoms with Crippen LogP contribution in [0.15, 0.2) is 18.2 Å². The molecule has 20 heavy (non-hydrogen) atoms. The van der Waals surface area contributed by atoms with Gasteiger partial charge in [0.2, 0.25) is 10.0 Å². The summed E-state index contributed by atoms with van der Waals surface area (Å²) in [4.78, 5) is 16.7. The molecular weight excluding hydrogens is 280 g/mol. The maximum Gasteiger partial charge on any atom is 0.274 e. The van der Waals surface area contributed by atoms with E-state index in [2.05, 4.69) is 5.48 Å². The first-order valence-electron chi connectivity index (χ1n) is 6.39. The van der Waals surface area contributed by atoms with Crippen molar-refractivity contribution >= 4 is 21.6 Å². The number of carbonyl (C=O) groups is 1. The third kappa shape index (κ3) is 2.78. The van der Waals surface area contributed by atoms with Gasteiger partial charge in [0.1, 0.15) is 0 Å². The summed E-state index contributed by atoms with van der Waals surface area (Å²) < 4.78 is 25.0. The molecule has 110 valence electrons. The van der Waals surface area contributed by atoms with Crippen LogP contribution in [-0.2, 0) is 21.3 Å². The summed E-state index contributed by atoms with van der Waals surface area (Å²) in [5, 5.41) is 0. The van der Waals surface area contributed by atoms with Crippen molar-refractivity contribution in [1.29, 1.82) is 0 Å². The number of nitrogens with zero attached hydrogens (tertiary/aromatic N) is 1.